The van der Waals surface area contributed by atoms with E-state index in [1.807, 2.05) is 18.5 Å². The quantitative estimate of drug-likeness (QED) is 0.831. The molecule has 2 aromatic rings. The third-order valence-electron chi connectivity index (χ3n) is 3.27. The monoisotopic (exact) mass is 274 g/mol. The molecule has 1 saturated heterocycles. The predicted molar refractivity (Wildman–Crippen MR) is 72.4 cm³/mol. The highest BCUT2D eigenvalue weighted by Crippen LogP contribution is 2.14. The average Bonchev–Trinajstić information content (AvgIpc) is 2.98. The van der Waals surface area contributed by atoms with Crippen LogP contribution in [0.15, 0.2) is 31.0 Å². The van der Waals surface area contributed by atoms with E-state index in [0.717, 1.165) is 37.3 Å². The van der Waals surface area contributed by atoms with Gasteiger partial charge in [-0.1, -0.05) is 0 Å². The van der Waals surface area contributed by atoms with Gasteiger partial charge in [0, 0.05) is 25.1 Å². The molecule has 1 fully saturated rings. The predicted octanol–water partition coefficient (Wildman–Crippen LogP) is 1.75. The smallest absolute Gasteiger partial charge is 0.157 e. The van der Waals surface area contributed by atoms with Crippen LogP contribution in [0, 0.1) is 0 Å². The van der Waals surface area contributed by atoms with Crippen molar-refractivity contribution in [3.8, 4) is 5.82 Å². The molecule has 1 aliphatic heterocycles. The van der Waals surface area contributed by atoms with Crippen molar-refractivity contribution < 1.29 is 9.47 Å². The van der Waals surface area contributed by atoms with Crippen molar-refractivity contribution in [2.24, 2.45) is 0 Å². The van der Waals surface area contributed by atoms with Crippen LogP contribution in [-0.4, -0.2) is 39.3 Å². The van der Waals surface area contributed by atoms with E-state index in [0.29, 0.717) is 6.61 Å². The summed E-state index contributed by atoms with van der Waals surface area (Å²) in [6.07, 6.45) is 11.2. The van der Waals surface area contributed by atoms with Crippen molar-refractivity contribution >= 4 is 0 Å². The fraction of sp³-hybridized carbons (Fsp3) is 0.500. The van der Waals surface area contributed by atoms with Crippen molar-refractivity contribution in [1.29, 1.82) is 0 Å². The molecule has 20 heavy (non-hydrogen) atoms. The lowest BCUT2D eigenvalue weighted by Crippen LogP contribution is -2.23. The van der Waals surface area contributed by atoms with Crippen molar-refractivity contribution in [3.05, 3.63) is 36.5 Å². The number of ether oxygens (including phenoxy) is 2. The molecule has 6 heteroatoms. The summed E-state index contributed by atoms with van der Waals surface area (Å²) in [4.78, 5) is 8.05. The third-order valence-corrected chi connectivity index (χ3v) is 3.27. The second-order valence-corrected chi connectivity index (χ2v) is 4.78. The van der Waals surface area contributed by atoms with E-state index in [-0.39, 0.29) is 6.29 Å². The Morgan fingerprint density at radius 3 is 3.20 bits per heavy atom. The number of nitrogens with zero attached hydrogens (tertiary/aromatic N) is 4. The molecule has 3 rings (SSSR count). The van der Waals surface area contributed by atoms with Crippen LogP contribution in [0.25, 0.3) is 5.82 Å². The Morgan fingerprint density at radius 2 is 2.40 bits per heavy atom. The zero-order chi connectivity index (χ0) is 13.6. The van der Waals surface area contributed by atoms with Gasteiger partial charge >= 0.3 is 0 Å². The van der Waals surface area contributed by atoms with Gasteiger partial charge in [-0.3, -0.25) is 0 Å². The lowest BCUT2D eigenvalue weighted by Gasteiger charge is -2.22. The van der Waals surface area contributed by atoms with E-state index in [9.17, 15) is 0 Å². The number of hydrogen-bond donors (Lipinski definition) is 0. The standard InChI is InChI=1S/C14H18N4O2/c1-2-7-19-14(3-1)20-8-5-12-9-17-18(10-12)13-4-6-15-11-16-13/h4,6,9-11,14H,1-3,5,7-8H2. The molecule has 3 heterocycles. The highest BCUT2D eigenvalue weighted by Gasteiger charge is 2.13. The Bertz CT molecular complexity index is 523. The summed E-state index contributed by atoms with van der Waals surface area (Å²) >= 11 is 0. The van der Waals surface area contributed by atoms with Gasteiger partial charge in [-0.05, 0) is 31.2 Å². The fourth-order valence-corrected chi connectivity index (χ4v) is 2.18. The van der Waals surface area contributed by atoms with Gasteiger partial charge in [0.05, 0.1) is 12.8 Å². The van der Waals surface area contributed by atoms with Gasteiger partial charge in [0.15, 0.2) is 12.1 Å². The highest BCUT2D eigenvalue weighted by atomic mass is 16.7. The first-order valence-electron chi connectivity index (χ1n) is 6.95. The number of aromatic nitrogens is 4. The summed E-state index contributed by atoms with van der Waals surface area (Å²) in [6.45, 7) is 1.47. The highest BCUT2D eigenvalue weighted by molar-refractivity contribution is 5.20. The van der Waals surface area contributed by atoms with Crippen molar-refractivity contribution in [3.63, 3.8) is 0 Å². The second kappa shape index (κ2) is 6.58. The number of rotatable bonds is 5. The van der Waals surface area contributed by atoms with Crippen LogP contribution in [0.4, 0.5) is 0 Å². The summed E-state index contributed by atoms with van der Waals surface area (Å²) in [5, 5.41) is 4.29. The van der Waals surface area contributed by atoms with Crippen LogP contribution in [0.1, 0.15) is 24.8 Å². The fourth-order valence-electron chi connectivity index (χ4n) is 2.18. The summed E-state index contributed by atoms with van der Waals surface area (Å²) in [6, 6.07) is 1.82. The van der Waals surface area contributed by atoms with Crippen LogP contribution in [-0.2, 0) is 15.9 Å². The topological polar surface area (TPSA) is 62.1 Å². The largest absolute Gasteiger partial charge is 0.353 e. The van der Waals surface area contributed by atoms with Gasteiger partial charge in [-0.15, -0.1) is 0 Å². The Balaban J connectivity index is 1.50. The zero-order valence-corrected chi connectivity index (χ0v) is 11.3. The molecule has 0 saturated carbocycles. The van der Waals surface area contributed by atoms with Gasteiger partial charge in [0.2, 0.25) is 0 Å². The molecular formula is C14H18N4O2. The second-order valence-electron chi connectivity index (χ2n) is 4.78. The summed E-state index contributed by atoms with van der Waals surface area (Å²) in [7, 11) is 0. The molecular weight excluding hydrogens is 256 g/mol. The summed E-state index contributed by atoms with van der Waals surface area (Å²) in [5.41, 5.74) is 1.12. The Kier molecular flexibility index (Phi) is 4.35. The maximum Gasteiger partial charge on any atom is 0.157 e. The van der Waals surface area contributed by atoms with E-state index >= 15 is 0 Å². The zero-order valence-electron chi connectivity index (χ0n) is 11.3. The molecule has 1 atom stereocenters. The molecule has 6 nitrogen and oxygen atoms in total. The SMILES string of the molecule is c1cc(-n2cc(CCOC3CCCCO3)cn2)ncn1. The third kappa shape index (κ3) is 3.40. The van der Waals surface area contributed by atoms with Gasteiger partial charge < -0.3 is 9.47 Å². The van der Waals surface area contributed by atoms with E-state index in [2.05, 4.69) is 15.1 Å². The maximum absolute atomic E-state index is 5.72. The first kappa shape index (κ1) is 13.2. The van der Waals surface area contributed by atoms with Gasteiger partial charge in [0.1, 0.15) is 6.33 Å². The molecule has 0 bridgehead atoms. The molecule has 0 N–H and O–H groups in total. The Morgan fingerprint density at radius 1 is 1.40 bits per heavy atom. The van der Waals surface area contributed by atoms with Crippen molar-refractivity contribution in [2.75, 3.05) is 13.2 Å². The average molecular weight is 274 g/mol. The van der Waals surface area contributed by atoms with Crippen LogP contribution >= 0.6 is 0 Å². The van der Waals surface area contributed by atoms with E-state index < -0.39 is 0 Å². The van der Waals surface area contributed by atoms with E-state index in [1.165, 1.54) is 12.7 Å². The van der Waals surface area contributed by atoms with Gasteiger partial charge in [-0.25, -0.2) is 14.6 Å². The summed E-state index contributed by atoms with van der Waals surface area (Å²) in [5.74, 6) is 0.766. The van der Waals surface area contributed by atoms with Gasteiger partial charge in [-0.2, -0.15) is 5.10 Å². The summed E-state index contributed by atoms with van der Waals surface area (Å²) < 4.78 is 13.0. The van der Waals surface area contributed by atoms with Crippen molar-refractivity contribution in [1.82, 2.24) is 19.7 Å². The first-order valence-corrected chi connectivity index (χ1v) is 6.95. The minimum absolute atomic E-state index is 0.0272. The van der Waals surface area contributed by atoms with Crippen LogP contribution in [0.3, 0.4) is 0 Å². The molecule has 0 radical (unpaired) electrons. The molecule has 2 aromatic heterocycles. The number of hydrogen-bond acceptors (Lipinski definition) is 5. The molecule has 0 aromatic carbocycles. The Labute approximate surface area is 117 Å². The van der Waals surface area contributed by atoms with E-state index in [4.69, 9.17) is 9.47 Å². The lowest BCUT2D eigenvalue weighted by atomic mass is 10.2. The minimum Gasteiger partial charge on any atom is -0.353 e. The first-order chi connectivity index (χ1) is 9.92. The van der Waals surface area contributed by atoms with Crippen molar-refractivity contribution in [2.45, 2.75) is 32.0 Å². The molecule has 0 amide bonds. The minimum atomic E-state index is -0.0272. The maximum atomic E-state index is 5.72. The molecule has 0 aliphatic carbocycles. The molecule has 1 unspecified atom stereocenters. The molecule has 0 spiro atoms. The lowest BCUT2D eigenvalue weighted by molar-refractivity contribution is -0.161. The van der Waals surface area contributed by atoms with Crippen LogP contribution in [0.2, 0.25) is 0 Å². The van der Waals surface area contributed by atoms with Crippen LogP contribution in [0.5, 0.6) is 0 Å². The molecule has 1 aliphatic rings. The molecule has 106 valence electrons. The normalized spacial score (nSPS) is 19.1. The Hall–Kier alpha value is -1.79. The van der Waals surface area contributed by atoms with Crippen LogP contribution < -0.4 is 0 Å². The van der Waals surface area contributed by atoms with E-state index in [1.54, 1.807) is 10.9 Å². The van der Waals surface area contributed by atoms with Gasteiger partial charge in [0.25, 0.3) is 0 Å².